The van der Waals surface area contributed by atoms with Gasteiger partial charge < -0.3 is 19.4 Å². The van der Waals surface area contributed by atoms with Crippen LogP contribution in [-0.2, 0) is 4.74 Å². The van der Waals surface area contributed by atoms with E-state index < -0.39 is 0 Å². The highest BCUT2D eigenvalue weighted by atomic mass is 16.5. The highest BCUT2D eigenvalue weighted by Crippen LogP contribution is 2.14. The van der Waals surface area contributed by atoms with Crippen molar-refractivity contribution in [2.45, 2.75) is 25.8 Å². The van der Waals surface area contributed by atoms with Crippen molar-refractivity contribution in [1.29, 1.82) is 0 Å². The molecule has 0 radical (unpaired) electrons. The molecule has 1 fully saturated rings. The van der Waals surface area contributed by atoms with Crippen molar-refractivity contribution in [3.05, 3.63) is 23.7 Å². The Morgan fingerprint density at radius 3 is 3.05 bits per heavy atom. The largest absolute Gasteiger partial charge is 0.459 e. The van der Waals surface area contributed by atoms with Crippen molar-refractivity contribution in [2.75, 3.05) is 33.4 Å². The van der Waals surface area contributed by atoms with Crippen LogP contribution in [-0.4, -0.2) is 50.2 Å². The van der Waals surface area contributed by atoms with Crippen molar-refractivity contribution >= 4 is 5.91 Å². The summed E-state index contributed by atoms with van der Waals surface area (Å²) in [6.45, 7) is 4.77. The van der Waals surface area contributed by atoms with E-state index in [1.165, 1.54) is 6.42 Å². The molecule has 1 N–H and O–H groups in total. The molecule has 2 rings (SSSR count). The van der Waals surface area contributed by atoms with Gasteiger partial charge >= 0.3 is 0 Å². The minimum Gasteiger partial charge on any atom is -0.459 e. The zero-order valence-electron chi connectivity index (χ0n) is 11.6. The third kappa shape index (κ3) is 3.58. The molecular formula is C14H22N2O3. The first-order valence-electron chi connectivity index (χ1n) is 6.78. The fourth-order valence-electron chi connectivity index (χ4n) is 2.39. The Hall–Kier alpha value is -1.33. The lowest BCUT2D eigenvalue weighted by atomic mass is 10.2. The van der Waals surface area contributed by atoms with Crippen molar-refractivity contribution in [1.82, 2.24) is 10.2 Å². The van der Waals surface area contributed by atoms with Crippen molar-refractivity contribution in [3.63, 3.8) is 0 Å². The van der Waals surface area contributed by atoms with E-state index in [2.05, 4.69) is 5.32 Å². The maximum atomic E-state index is 12.5. The molecule has 106 valence electrons. The molecule has 1 unspecified atom stereocenters. The van der Waals surface area contributed by atoms with Gasteiger partial charge in [-0.2, -0.15) is 0 Å². The van der Waals surface area contributed by atoms with E-state index in [4.69, 9.17) is 9.15 Å². The van der Waals surface area contributed by atoms with Crippen molar-refractivity contribution < 1.29 is 13.9 Å². The number of nitrogens with zero attached hydrogens (tertiary/aromatic N) is 1. The summed E-state index contributed by atoms with van der Waals surface area (Å²) in [5.41, 5.74) is 0.881. The average Bonchev–Trinajstić information content (AvgIpc) is 3.05. The van der Waals surface area contributed by atoms with Crippen LogP contribution in [0, 0.1) is 6.92 Å². The van der Waals surface area contributed by atoms with Crippen LogP contribution in [0.25, 0.3) is 0 Å². The summed E-state index contributed by atoms with van der Waals surface area (Å²) in [5, 5.41) is 3.41. The maximum Gasteiger partial charge on any atom is 0.289 e. The molecule has 5 nitrogen and oxygen atoms in total. The Labute approximate surface area is 113 Å². The Bertz CT molecular complexity index is 411. The molecule has 0 aromatic carbocycles. The number of amides is 1. The summed E-state index contributed by atoms with van der Waals surface area (Å²) in [6, 6.07) is 2.20. The lowest BCUT2D eigenvalue weighted by molar-refractivity contribution is 0.0647. The molecule has 1 aliphatic heterocycles. The summed E-state index contributed by atoms with van der Waals surface area (Å²) in [6.07, 6.45) is 3.86. The molecule has 5 heteroatoms. The van der Waals surface area contributed by atoms with Crippen LogP contribution in [0.15, 0.2) is 16.7 Å². The van der Waals surface area contributed by atoms with Gasteiger partial charge in [0.2, 0.25) is 0 Å². The minimum absolute atomic E-state index is 0.0479. The smallest absolute Gasteiger partial charge is 0.289 e. The van der Waals surface area contributed by atoms with Gasteiger partial charge in [-0.3, -0.25) is 4.79 Å². The molecule has 0 aliphatic carbocycles. The molecule has 1 aliphatic rings. The topological polar surface area (TPSA) is 54.7 Å². The van der Waals surface area contributed by atoms with E-state index in [9.17, 15) is 4.79 Å². The third-order valence-corrected chi connectivity index (χ3v) is 3.51. The van der Waals surface area contributed by atoms with E-state index in [1.54, 1.807) is 13.4 Å². The maximum absolute atomic E-state index is 12.5. The number of rotatable bonds is 6. The number of aryl methyl sites for hydroxylation is 1. The predicted octanol–water partition coefficient (Wildman–Crippen LogP) is 1.43. The SMILES string of the molecule is COCCN(CC1CCCN1)C(=O)c1occc1C. The number of furan rings is 1. The number of carbonyl (C=O) groups excluding carboxylic acids is 1. The molecule has 1 aromatic heterocycles. The predicted molar refractivity (Wildman–Crippen MR) is 72.2 cm³/mol. The fraction of sp³-hybridized carbons (Fsp3) is 0.643. The molecule has 19 heavy (non-hydrogen) atoms. The third-order valence-electron chi connectivity index (χ3n) is 3.51. The first-order chi connectivity index (χ1) is 9.22. The standard InChI is InChI=1S/C14H22N2O3/c1-11-5-8-19-13(11)14(17)16(7-9-18-2)10-12-4-3-6-15-12/h5,8,12,15H,3-4,6-7,9-10H2,1-2H3. The number of ether oxygens (including phenoxy) is 1. The highest BCUT2D eigenvalue weighted by molar-refractivity contribution is 5.92. The summed E-state index contributed by atoms with van der Waals surface area (Å²) in [7, 11) is 1.65. The van der Waals surface area contributed by atoms with E-state index in [0.717, 1.165) is 18.5 Å². The first-order valence-corrected chi connectivity index (χ1v) is 6.78. The average molecular weight is 266 g/mol. The summed E-state index contributed by atoms with van der Waals surface area (Å²) < 4.78 is 10.4. The minimum atomic E-state index is -0.0479. The lowest BCUT2D eigenvalue weighted by Crippen LogP contribution is -2.42. The normalized spacial score (nSPS) is 18.7. The number of hydrogen-bond donors (Lipinski definition) is 1. The van der Waals surface area contributed by atoms with Crippen LogP contribution in [0.3, 0.4) is 0 Å². The van der Waals surface area contributed by atoms with Gasteiger partial charge in [-0.25, -0.2) is 0 Å². The Morgan fingerprint density at radius 2 is 2.47 bits per heavy atom. The van der Waals surface area contributed by atoms with Gasteiger partial charge in [-0.05, 0) is 32.4 Å². The molecule has 1 atom stereocenters. The van der Waals surface area contributed by atoms with E-state index in [0.29, 0.717) is 31.5 Å². The van der Waals surface area contributed by atoms with Gasteiger partial charge in [0.25, 0.3) is 5.91 Å². The second-order valence-corrected chi connectivity index (χ2v) is 4.97. The van der Waals surface area contributed by atoms with Crippen LogP contribution < -0.4 is 5.32 Å². The summed E-state index contributed by atoms with van der Waals surface area (Å²) >= 11 is 0. The van der Waals surface area contributed by atoms with Crippen molar-refractivity contribution in [2.24, 2.45) is 0 Å². The first kappa shape index (κ1) is 14.1. The lowest BCUT2D eigenvalue weighted by Gasteiger charge is -2.25. The molecule has 0 bridgehead atoms. The van der Waals surface area contributed by atoms with E-state index in [1.807, 2.05) is 17.9 Å². The molecule has 0 spiro atoms. The number of nitrogens with one attached hydrogen (secondary N) is 1. The Balaban J connectivity index is 2.03. The molecule has 1 saturated heterocycles. The van der Waals surface area contributed by atoms with Crippen LogP contribution in [0.1, 0.15) is 29.0 Å². The van der Waals surface area contributed by atoms with Gasteiger partial charge in [0.05, 0.1) is 12.9 Å². The van der Waals surface area contributed by atoms with Gasteiger partial charge in [-0.15, -0.1) is 0 Å². The van der Waals surface area contributed by atoms with Crippen LogP contribution in [0.2, 0.25) is 0 Å². The zero-order valence-corrected chi connectivity index (χ0v) is 11.6. The molecular weight excluding hydrogens is 244 g/mol. The van der Waals surface area contributed by atoms with Gasteiger partial charge in [-0.1, -0.05) is 0 Å². The molecule has 2 heterocycles. The Morgan fingerprint density at radius 1 is 1.63 bits per heavy atom. The quantitative estimate of drug-likeness (QED) is 0.846. The van der Waals surface area contributed by atoms with E-state index in [-0.39, 0.29) is 5.91 Å². The summed E-state index contributed by atoms with van der Waals surface area (Å²) in [4.78, 5) is 14.3. The number of hydrogen-bond acceptors (Lipinski definition) is 4. The molecule has 1 amide bonds. The monoisotopic (exact) mass is 266 g/mol. The van der Waals surface area contributed by atoms with Crippen LogP contribution in [0.4, 0.5) is 0 Å². The number of carbonyl (C=O) groups is 1. The van der Waals surface area contributed by atoms with E-state index >= 15 is 0 Å². The number of methoxy groups -OCH3 is 1. The zero-order chi connectivity index (χ0) is 13.7. The van der Waals surface area contributed by atoms with Gasteiger partial charge in [0.1, 0.15) is 0 Å². The van der Waals surface area contributed by atoms with Gasteiger partial charge in [0, 0.05) is 31.8 Å². The molecule has 1 aromatic rings. The van der Waals surface area contributed by atoms with Crippen LogP contribution in [0.5, 0.6) is 0 Å². The molecule has 0 saturated carbocycles. The van der Waals surface area contributed by atoms with Gasteiger partial charge in [0.15, 0.2) is 5.76 Å². The Kier molecular flexibility index (Phi) is 4.99. The van der Waals surface area contributed by atoms with Crippen molar-refractivity contribution in [3.8, 4) is 0 Å². The highest BCUT2D eigenvalue weighted by Gasteiger charge is 2.24. The summed E-state index contributed by atoms with van der Waals surface area (Å²) in [5.74, 6) is 0.391. The van der Waals surface area contributed by atoms with Crippen LogP contribution >= 0.6 is 0 Å². The second-order valence-electron chi connectivity index (χ2n) is 4.97. The second kappa shape index (κ2) is 6.73. The fourth-order valence-corrected chi connectivity index (χ4v) is 2.39.